The number of aromatic nitrogens is 4. The van der Waals surface area contributed by atoms with E-state index in [-0.39, 0.29) is 5.91 Å². The number of carbonyl (C=O) groups excluding carboxylic acids is 1. The van der Waals surface area contributed by atoms with Crippen LogP contribution in [0.5, 0.6) is 0 Å². The van der Waals surface area contributed by atoms with Crippen LogP contribution < -0.4 is 10.2 Å². The second-order valence-electron chi connectivity index (χ2n) is 7.89. The molecule has 0 radical (unpaired) electrons. The number of nitrogens with one attached hydrogen (secondary N) is 1. The van der Waals surface area contributed by atoms with E-state index in [1.54, 1.807) is 6.33 Å². The van der Waals surface area contributed by atoms with Crippen molar-refractivity contribution in [2.24, 2.45) is 5.92 Å². The van der Waals surface area contributed by atoms with Gasteiger partial charge in [-0.2, -0.15) is 5.10 Å². The second kappa shape index (κ2) is 8.67. The monoisotopic (exact) mass is 370 g/mol. The Kier molecular flexibility index (Phi) is 5.84. The summed E-state index contributed by atoms with van der Waals surface area (Å²) < 4.78 is 1.87. The normalized spacial score (nSPS) is 18.3. The van der Waals surface area contributed by atoms with Gasteiger partial charge in [0.05, 0.1) is 18.1 Å². The first-order valence-corrected chi connectivity index (χ1v) is 10.5. The van der Waals surface area contributed by atoms with Crippen molar-refractivity contribution in [3.8, 4) is 0 Å². The first-order valence-electron chi connectivity index (χ1n) is 10.5. The standard InChI is InChI=1S/C20H30N6O/c27-18(9-8-16-6-2-1-3-7-16)21-10-13-26-20-17(14-24-26)19(22-15-23-20)25-11-4-5-12-25/h14-16H,1-13H2,(H,21,27). The Morgan fingerprint density at radius 2 is 1.93 bits per heavy atom. The fourth-order valence-electron chi connectivity index (χ4n) is 4.43. The lowest BCUT2D eigenvalue weighted by Crippen LogP contribution is -2.28. The summed E-state index contributed by atoms with van der Waals surface area (Å²) in [6.45, 7) is 3.32. The van der Waals surface area contributed by atoms with Crippen molar-refractivity contribution in [2.45, 2.75) is 64.3 Å². The average molecular weight is 371 g/mol. The Hall–Kier alpha value is -2.18. The zero-order valence-corrected chi connectivity index (χ0v) is 16.1. The quantitative estimate of drug-likeness (QED) is 0.811. The minimum absolute atomic E-state index is 0.157. The summed E-state index contributed by atoms with van der Waals surface area (Å²) in [5.74, 6) is 1.89. The molecule has 4 rings (SSSR count). The third-order valence-corrected chi connectivity index (χ3v) is 5.97. The molecular formula is C20H30N6O. The SMILES string of the molecule is O=C(CCC1CCCCC1)NCCn1ncc2c(N3CCCC3)ncnc21. The van der Waals surface area contributed by atoms with Crippen LogP contribution in [0.25, 0.3) is 11.0 Å². The number of hydrogen-bond acceptors (Lipinski definition) is 5. The first kappa shape index (κ1) is 18.2. The molecule has 146 valence electrons. The van der Waals surface area contributed by atoms with E-state index in [9.17, 15) is 4.79 Å². The summed E-state index contributed by atoms with van der Waals surface area (Å²) in [5.41, 5.74) is 0.850. The highest BCUT2D eigenvalue weighted by Crippen LogP contribution is 2.27. The molecule has 2 aromatic heterocycles. The molecule has 0 aromatic carbocycles. The molecule has 1 saturated heterocycles. The maximum Gasteiger partial charge on any atom is 0.220 e. The molecule has 1 aliphatic carbocycles. The van der Waals surface area contributed by atoms with Gasteiger partial charge in [-0.15, -0.1) is 0 Å². The number of fused-ring (bicyclic) bond motifs is 1. The number of carbonyl (C=O) groups is 1. The summed E-state index contributed by atoms with van der Waals surface area (Å²) in [6, 6.07) is 0. The Balaban J connectivity index is 1.28. The highest BCUT2D eigenvalue weighted by atomic mass is 16.1. The molecule has 1 aliphatic heterocycles. The van der Waals surface area contributed by atoms with Crippen LogP contribution in [0.2, 0.25) is 0 Å². The van der Waals surface area contributed by atoms with Crippen molar-refractivity contribution >= 4 is 22.8 Å². The Morgan fingerprint density at radius 3 is 2.74 bits per heavy atom. The van der Waals surface area contributed by atoms with Crippen LogP contribution >= 0.6 is 0 Å². The molecule has 1 N–H and O–H groups in total. The third-order valence-electron chi connectivity index (χ3n) is 5.97. The smallest absolute Gasteiger partial charge is 0.220 e. The number of amides is 1. The topological polar surface area (TPSA) is 75.9 Å². The van der Waals surface area contributed by atoms with Crippen LogP contribution in [0.15, 0.2) is 12.5 Å². The molecule has 0 bridgehead atoms. The fourth-order valence-corrected chi connectivity index (χ4v) is 4.43. The van der Waals surface area contributed by atoms with Crippen molar-refractivity contribution in [1.82, 2.24) is 25.1 Å². The molecule has 27 heavy (non-hydrogen) atoms. The third kappa shape index (κ3) is 4.39. The Bertz CT molecular complexity index is 761. The van der Waals surface area contributed by atoms with E-state index in [2.05, 4.69) is 25.3 Å². The molecule has 0 unspecified atom stereocenters. The highest BCUT2D eigenvalue weighted by molar-refractivity contribution is 5.86. The van der Waals surface area contributed by atoms with E-state index < -0.39 is 0 Å². The summed E-state index contributed by atoms with van der Waals surface area (Å²) in [7, 11) is 0. The molecule has 3 heterocycles. The molecular weight excluding hydrogens is 340 g/mol. The Morgan fingerprint density at radius 1 is 1.11 bits per heavy atom. The van der Waals surface area contributed by atoms with Crippen molar-refractivity contribution in [3.05, 3.63) is 12.5 Å². The minimum Gasteiger partial charge on any atom is -0.356 e. The zero-order valence-electron chi connectivity index (χ0n) is 16.1. The van der Waals surface area contributed by atoms with Gasteiger partial charge in [-0.3, -0.25) is 4.79 Å². The van der Waals surface area contributed by atoms with E-state index in [1.165, 1.54) is 44.9 Å². The lowest BCUT2D eigenvalue weighted by Gasteiger charge is -2.20. The number of rotatable bonds is 7. The second-order valence-corrected chi connectivity index (χ2v) is 7.89. The summed E-state index contributed by atoms with van der Waals surface area (Å²) in [6.07, 6.45) is 14.2. The van der Waals surface area contributed by atoms with Crippen LogP contribution in [0, 0.1) is 5.92 Å². The summed E-state index contributed by atoms with van der Waals surface area (Å²) in [5, 5.41) is 8.52. The first-order chi connectivity index (χ1) is 13.3. The highest BCUT2D eigenvalue weighted by Gasteiger charge is 2.19. The molecule has 0 spiro atoms. The average Bonchev–Trinajstić information content (AvgIpc) is 3.37. The van der Waals surface area contributed by atoms with Gasteiger partial charge < -0.3 is 10.2 Å². The Labute approximate surface area is 160 Å². The van der Waals surface area contributed by atoms with Gasteiger partial charge >= 0.3 is 0 Å². The van der Waals surface area contributed by atoms with Gasteiger partial charge in [-0.1, -0.05) is 32.1 Å². The van der Waals surface area contributed by atoms with Crippen LogP contribution in [0.1, 0.15) is 57.8 Å². The van der Waals surface area contributed by atoms with Crippen LogP contribution in [0.3, 0.4) is 0 Å². The predicted octanol–water partition coefficient (Wildman–Crippen LogP) is 2.90. The van der Waals surface area contributed by atoms with Crippen LogP contribution in [-0.4, -0.2) is 45.3 Å². The van der Waals surface area contributed by atoms with Gasteiger partial charge in [0.2, 0.25) is 5.91 Å². The number of anilines is 1. The van der Waals surface area contributed by atoms with Gasteiger partial charge in [-0.25, -0.2) is 14.6 Å². The number of hydrogen-bond donors (Lipinski definition) is 1. The van der Waals surface area contributed by atoms with Crippen LogP contribution in [-0.2, 0) is 11.3 Å². The molecule has 2 aromatic rings. The van der Waals surface area contributed by atoms with Crippen LogP contribution in [0.4, 0.5) is 5.82 Å². The van der Waals surface area contributed by atoms with E-state index in [1.807, 2.05) is 10.9 Å². The molecule has 2 aliphatic rings. The van der Waals surface area contributed by atoms with Gasteiger partial charge in [0, 0.05) is 26.1 Å². The summed E-state index contributed by atoms with van der Waals surface area (Å²) in [4.78, 5) is 23.3. The lowest BCUT2D eigenvalue weighted by molar-refractivity contribution is -0.121. The fraction of sp³-hybridized carbons (Fsp3) is 0.700. The van der Waals surface area contributed by atoms with Crippen molar-refractivity contribution < 1.29 is 4.79 Å². The van der Waals surface area contributed by atoms with Crippen molar-refractivity contribution in [3.63, 3.8) is 0 Å². The predicted molar refractivity (Wildman–Crippen MR) is 106 cm³/mol. The van der Waals surface area contributed by atoms with Gasteiger partial charge in [0.1, 0.15) is 12.1 Å². The molecule has 7 nitrogen and oxygen atoms in total. The number of nitrogens with zero attached hydrogens (tertiary/aromatic N) is 5. The van der Waals surface area contributed by atoms with Gasteiger partial charge in [-0.05, 0) is 25.2 Å². The molecule has 7 heteroatoms. The minimum atomic E-state index is 0.157. The lowest BCUT2D eigenvalue weighted by atomic mass is 9.86. The zero-order chi connectivity index (χ0) is 18.5. The molecule has 2 fully saturated rings. The molecule has 1 amide bonds. The maximum atomic E-state index is 12.1. The van der Waals surface area contributed by atoms with Gasteiger partial charge in [0.15, 0.2) is 5.65 Å². The van der Waals surface area contributed by atoms with Gasteiger partial charge in [0.25, 0.3) is 0 Å². The molecule has 1 saturated carbocycles. The van der Waals surface area contributed by atoms with E-state index in [0.717, 1.165) is 42.3 Å². The van der Waals surface area contributed by atoms with E-state index >= 15 is 0 Å². The van der Waals surface area contributed by atoms with Crippen molar-refractivity contribution in [2.75, 3.05) is 24.5 Å². The largest absolute Gasteiger partial charge is 0.356 e. The van der Waals surface area contributed by atoms with E-state index in [4.69, 9.17) is 0 Å². The maximum absolute atomic E-state index is 12.1. The van der Waals surface area contributed by atoms with E-state index in [0.29, 0.717) is 19.5 Å². The van der Waals surface area contributed by atoms with Crippen molar-refractivity contribution in [1.29, 1.82) is 0 Å². The summed E-state index contributed by atoms with van der Waals surface area (Å²) >= 11 is 0. The molecule has 0 atom stereocenters.